The van der Waals surface area contributed by atoms with Gasteiger partial charge in [0.05, 0.1) is 5.56 Å². The molecule has 102 valence electrons. The van der Waals surface area contributed by atoms with Crippen molar-refractivity contribution in [2.75, 3.05) is 0 Å². The van der Waals surface area contributed by atoms with E-state index in [4.69, 9.17) is 5.11 Å². The minimum Gasteiger partial charge on any atom is -0.478 e. The van der Waals surface area contributed by atoms with Crippen LogP contribution in [0.3, 0.4) is 0 Å². The molecular formula is C14H19N3O2. The van der Waals surface area contributed by atoms with Gasteiger partial charge in [-0.3, -0.25) is 0 Å². The number of imidazole rings is 1. The molecule has 0 amide bonds. The lowest BCUT2D eigenvalue weighted by Crippen LogP contribution is -2.19. The van der Waals surface area contributed by atoms with Gasteiger partial charge < -0.3 is 9.67 Å². The van der Waals surface area contributed by atoms with Crippen LogP contribution in [0.1, 0.15) is 50.3 Å². The first-order valence-corrected chi connectivity index (χ1v) is 6.44. The highest BCUT2D eigenvalue weighted by atomic mass is 16.4. The van der Waals surface area contributed by atoms with Crippen LogP contribution in [-0.4, -0.2) is 25.6 Å². The zero-order valence-corrected chi connectivity index (χ0v) is 11.8. The van der Waals surface area contributed by atoms with E-state index in [-0.39, 0.29) is 11.0 Å². The molecule has 1 N–H and O–H groups in total. The molecule has 0 saturated heterocycles. The number of aryl methyl sites for hydroxylation is 1. The minimum absolute atomic E-state index is 0.0980. The Morgan fingerprint density at radius 3 is 2.63 bits per heavy atom. The number of pyridine rings is 1. The van der Waals surface area contributed by atoms with Crippen LogP contribution < -0.4 is 0 Å². The number of carboxylic acid groups (broad SMARTS) is 1. The zero-order valence-electron chi connectivity index (χ0n) is 11.8. The fourth-order valence-corrected chi connectivity index (χ4v) is 2.14. The van der Waals surface area contributed by atoms with Crippen LogP contribution in [0.15, 0.2) is 12.3 Å². The number of aromatic carboxylic acids is 1. The summed E-state index contributed by atoms with van der Waals surface area (Å²) in [7, 11) is 0. The molecule has 0 atom stereocenters. The summed E-state index contributed by atoms with van der Waals surface area (Å²) in [4.78, 5) is 19.8. The molecule has 0 aliphatic carbocycles. The summed E-state index contributed by atoms with van der Waals surface area (Å²) in [5.74, 6) is -0.0314. The van der Waals surface area contributed by atoms with Crippen molar-refractivity contribution in [2.24, 2.45) is 0 Å². The number of carbonyl (C=O) groups is 1. The fourth-order valence-electron chi connectivity index (χ4n) is 2.14. The maximum atomic E-state index is 11.0. The van der Waals surface area contributed by atoms with Crippen molar-refractivity contribution in [3.63, 3.8) is 0 Å². The first-order chi connectivity index (χ1) is 8.84. The predicted octanol–water partition coefficient (Wildman–Crippen LogP) is 2.84. The molecule has 0 aromatic carbocycles. The number of nitrogens with zero attached hydrogens (tertiary/aromatic N) is 3. The summed E-state index contributed by atoms with van der Waals surface area (Å²) in [6.07, 6.45) is 2.38. The average Bonchev–Trinajstić information content (AvgIpc) is 2.67. The molecule has 0 radical (unpaired) electrons. The molecule has 0 spiro atoms. The number of rotatable bonds is 3. The van der Waals surface area contributed by atoms with E-state index in [1.807, 2.05) is 0 Å². The van der Waals surface area contributed by atoms with Gasteiger partial charge in [0.15, 0.2) is 5.65 Å². The first kappa shape index (κ1) is 13.5. The second kappa shape index (κ2) is 4.64. The van der Waals surface area contributed by atoms with Crippen molar-refractivity contribution < 1.29 is 9.90 Å². The Balaban J connectivity index is 2.69. The number of aromatic nitrogens is 3. The van der Waals surface area contributed by atoms with Gasteiger partial charge in [0.25, 0.3) is 0 Å². The van der Waals surface area contributed by atoms with Crippen molar-refractivity contribution in [1.82, 2.24) is 14.5 Å². The number of hydrogen-bond acceptors (Lipinski definition) is 3. The molecule has 2 rings (SSSR count). The minimum atomic E-state index is -0.975. The Bertz CT molecular complexity index is 623. The normalized spacial score (nSPS) is 12.0. The summed E-state index contributed by atoms with van der Waals surface area (Å²) in [5, 5.41) is 9.01. The summed E-state index contributed by atoms with van der Waals surface area (Å²) in [5.41, 5.74) is 1.49. The third-order valence-electron chi connectivity index (χ3n) is 2.95. The van der Waals surface area contributed by atoms with Gasteiger partial charge >= 0.3 is 5.97 Å². The second-order valence-corrected chi connectivity index (χ2v) is 5.71. The Kier molecular flexibility index (Phi) is 3.30. The molecular weight excluding hydrogens is 242 g/mol. The van der Waals surface area contributed by atoms with Crippen LogP contribution in [0.4, 0.5) is 0 Å². The molecule has 2 heterocycles. The standard InChI is InChI=1S/C14H19N3O2/c1-5-6-17-11-10(16-13(17)14(2,3)4)7-9(8-15-11)12(18)19/h7-8H,5-6H2,1-4H3,(H,18,19). The van der Waals surface area contributed by atoms with Crippen molar-refractivity contribution in [3.8, 4) is 0 Å². The van der Waals surface area contributed by atoms with Crippen LogP contribution in [-0.2, 0) is 12.0 Å². The smallest absolute Gasteiger partial charge is 0.337 e. The van der Waals surface area contributed by atoms with Crippen LogP contribution in [0.5, 0.6) is 0 Å². The van der Waals surface area contributed by atoms with E-state index in [0.717, 1.165) is 24.4 Å². The highest BCUT2D eigenvalue weighted by Gasteiger charge is 2.23. The average molecular weight is 261 g/mol. The van der Waals surface area contributed by atoms with E-state index in [9.17, 15) is 4.79 Å². The van der Waals surface area contributed by atoms with Gasteiger partial charge in [-0.15, -0.1) is 0 Å². The molecule has 0 unspecified atom stereocenters. The molecule has 0 fully saturated rings. The van der Waals surface area contributed by atoms with Crippen molar-refractivity contribution in [1.29, 1.82) is 0 Å². The quantitative estimate of drug-likeness (QED) is 0.922. The van der Waals surface area contributed by atoms with Gasteiger partial charge in [-0.25, -0.2) is 14.8 Å². The molecule has 5 heteroatoms. The van der Waals surface area contributed by atoms with Crippen molar-refractivity contribution in [3.05, 3.63) is 23.7 Å². The molecule has 0 bridgehead atoms. The Morgan fingerprint density at radius 1 is 1.42 bits per heavy atom. The Hall–Kier alpha value is -1.91. The zero-order chi connectivity index (χ0) is 14.2. The van der Waals surface area contributed by atoms with E-state index in [1.54, 1.807) is 6.07 Å². The molecule has 0 saturated carbocycles. The number of hydrogen-bond donors (Lipinski definition) is 1. The maximum Gasteiger partial charge on any atom is 0.337 e. The molecule has 19 heavy (non-hydrogen) atoms. The summed E-state index contributed by atoms with van der Waals surface area (Å²) < 4.78 is 2.08. The van der Waals surface area contributed by atoms with E-state index >= 15 is 0 Å². The van der Waals surface area contributed by atoms with Gasteiger partial charge in [0, 0.05) is 18.2 Å². The van der Waals surface area contributed by atoms with Crippen LogP contribution in [0, 0.1) is 0 Å². The van der Waals surface area contributed by atoms with Crippen LogP contribution in [0.2, 0.25) is 0 Å². The van der Waals surface area contributed by atoms with Crippen LogP contribution in [0.25, 0.3) is 11.2 Å². The van der Waals surface area contributed by atoms with Gasteiger partial charge in [-0.1, -0.05) is 27.7 Å². The first-order valence-electron chi connectivity index (χ1n) is 6.44. The predicted molar refractivity (Wildman–Crippen MR) is 73.5 cm³/mol. The summed E-state index contributed by atoms with van der Waals surface area (Å²) in [6, 6.07) is 1.59. The van der Waals surface area contributed by atoms with Crippen molar-refractivity contribution in [2.45, 2.75) is 46.1 Å². The lowest BCUT2D eigenvalue weighted by atomic mass is 9.95. The van der Waals surface area contributed by atoms with E-state index in [2.05, 4.69) is 42.2 Å². The SMILES string of the molecule is CCCn1c(C(C)(C)C)nc2cc(C(=O)O)cnc21. The highest BCUT2D eigenvalue weighted by molar-refractivity contribution is 5.90. The fraction of sp³-hybridized carbons (Fsp3) is 0.500. The van der Waals surface area contributed by atoms with Gasteiger partial charge in [-0.05, 0) is 12.5 Å². The summed E-state index contributed by atoms with van der Waals surface area (Å²) >= 11 is 0. The lowest BCUT2D eigenvalue weighted by molar-refractivity contribution is 0.0696. The third-order valence-corrected chi connectivity index (χ3v) is 2.95. The Labute approximate surface area is 112 Å². The van der Waals surface area contributed by atoms with Gasteiger partial charge in [0.2, 0.25) is 0 Å². The Morgan fingerprint density at radius 2 is 2.11 bits per heavy atom. The van der Waals surface area contributed by atoms with E-state index in [0.29, 0.717) is 5.52 Å². The monoisotopic (exact) mass is 261 g/mol. The van der Waals surface area contributed by atoms with E-state index < -0.39 is 5.97 Å². The lowest BCUT2D eigenvalue weighted by Gasteiger charge is -2.19. The van der Waals surface area contributed by atoms with Crippen LogP contribution >= 0.6 is 0 Å². The maximum absolute atomic E-state index is 11.0. The number of carboxylic acids is 1. The van der Waals surface area contributed by atoms with Crippen molar-refractivity contribution >= 4 is 17.1 Å². The topological polar surface area (TPSA) is 68.0 Å². The van der Waals surface area contributed by atoms with Gasteiger partial charge in [0.1, 0.15) is 11.3 Å². The molecule has 2 aromatic rings. The largest absolute Gasteiger partial charge is 0.478 e. The molecule has 5 nitrogen and oxygen atoms in total. The summed E-state index contributed by atoms with van der Waals surface area (Å²) in [6.45, 7) is 9.22. The number of fused-ring (bicyclic) bond motifs is 1. The third kappa shape index (κ3) is 2.45. The molecule has 0 aliphatic rings. The second-order valence-electron chi connectivity index (χ2n) is 5.71. The van der Waals surface area contributed by atoms with E-state index in [1.165, 1.54) is 6.20 Å². The molecule has 0 aliphatic heterocycles. The highest BCUT2D eigenvalue weighted by Crippen LogP contribution is 2.26. The van der Waals surface area contributed by atoms with Gasteiger partial charge in [-0.2, -0.15) is 0 Å². The molecule has 2 aromatic heterocycles.